The summed E-state index contributed by atoms with van der Waals surface area (Å²) in [6.07, 6.45) is 5.96. The van der Waals surface area contributed by atoms with Crippen molar-refractivity contribution in [2.45, 2.75) is 26.7 Å². The van der Waals surface area contributed by atoms with Gasteiger partial charge in [-0.05, 0) is 36.0 Å². The molecular formula is C15H21NO3. The number of carboxylic acid groups (broad SMARTS) is 1. The average Bonchev–Trinajstić information content (AvgIpc) is 2.72. The minimum Gasteiger partial charge on any atom is -0.481 e. The molecule has 1 amide bonds. The lowest BCUT2D eigenvalue weighted by Gasteiger charge is -2.24. The number of carbonyl (C=O) groups is 2. The Morgan fingerprint density at radius 3 is 2.37 bits per heavy atom. The third kappa shape index (κ3) is 2.07. The first-order valence-corrected chi connectivity index (χ1v) is 7.09. The molecule has 0 spiro atoms. The van der Waals surface area contributed by atoms with Gasteiger partial charge in [-0.3, -0.25) is 9.59 Å². The number of fused-ring (bicyclic) bond motifs is 2. The molecule has 0 saturated heterocycles. The second kappa shape index (κ2) is 4.09. The molecule has 19 heavy (non-hydrogen) atoms. The van der Waals surface area contributed by atoms with Gasteiger partial charge in [0.1, 0.15) is 0 Å². The molecule has 0 aromatic heterocycles. The van der Waals surface area contributed by atoms with Gasteiger partial charge in [-0.1, -0.05) is 26.0 Å². The summed E-state index contributed by atoms with van der Waals surface area (Å²) in [5.41, 5.74) is 0.341. The highest BCUT2D eigenvalue weighted by Crippen LogP contribution is 2.51. The van der Waals surface area contributed by atoms with Gasteiger partial charge in [0, 0.05) is 6.54 Å². The molecular weight excluding hydrogens is 242 g/mol. The van der Waals surface area contributed by atoms with Gasteiger partial charge in [-0.2, -0.15) is 0 Å². The normalized spacial score (nSPS) is 41.3. The molecule has 2 N–H and O–H groups in total. The summed E-state index contributed by atoms with van der Waals surface area (Å²) in [7, 11) is 0. The van der Waals surface area contributed by atoms with Crippen molar-refractivity contribution in [1.29, 1.82) is 0 Å². The quantitative estimate of drug-likeness (QED) is 0.758. The van der Waals surface area contributed by atoms with E-state index in [-0.39, 0.29) is 23.7 Å². The van der Waals surface area contributed by atoms with E-state index in [2.05, 4.69) is 19.2 Å². The topological polar surface area (TPSA) is 66.4 Å². The lowest BCUT2D eigenvalue weighted by Crippen LogP contribution is -2.41. The molecule has 0 aliphatic heterocycles. The van der Waals surface area contributed by atoms with Gasteiger partial charge in [0.05, 0.1) is 11.8 Å². The van der Waals surface area contributed by atoms with Crippen LogP contribution in [0.15, 0.2) is 12.2 Å². The van der Waals surface area contributed by atoms with Gasteiger partial charge < -0.3 is 10.4 Å². The van der Waals surface area contributed by atoms with Crippen molar-refractivity contribution in [3.05, 3.63) is 12.2 Å². The van der Waals surface area contributed by atoms with Gasteiger partial charge in [0.25, 0.3) is 0 Å². The van der Waals surface area contributed by atoms with Gasteiger partial charge in [-0.15, -0.1) is 0 Å². The number of rotatable bonds is 4. The van der Waals surface area contributed by atoms with E-state index in [1.54, 1.807) is 0 Å². The molecule has 2 fully saturated rings. The van der Waals surface area contributed by atoms with E-state index in [0.717, 1.165) is 12.8 Å². The monoisotopic (exact) mass is 263 g/mol. The van der Waals surface area contributed by atoms with Crippen LogP contribution < -0.4 is 5.32 Å². The number of amides is 1. The molecule has 3 aliphatic rings. The molecule has 5 atom stereocenters. The van der Waals surface area contributed by atoms with Crippen LogP contribution >= 0.6 is 0 Å². The highest BCUT2D eigenvalue weighted by Gasteiger charge is 2.52. The lowest BCUT2D eigenvalue weighted by molar-refractivity contribution is -0.147. The summed E-state index contributed by atoms with van der Waals surface area (Å²) in [6, 6.07) is 0. The molecule has 4 nitrogen and oxygen atoms in total. The summed E-state index contributed by atoms with van der Waals surface area (Å²) in [5.74, 6) is -1.06. The van der Waals surface area contributed by atoms with Crippen molar-refractivity contribution in [1.82, 2.24) is 5.32 Å². The Labute approximate surface area is 113 Å². The van der Waals surface area contributed by atoms with Crippen molar-refractivity contribution >= 4 is 11.9 Å². The van der Waals surface area contributed by atoms with Gasteiger partial charge in [0.15, 0.2) is 0 Å². The van der Waals surface area contributed by atoms with Crippen molar-refractivity contribution in [2.24, 2.45) is 35.0 Å². The highest BCUT2D eigenvalue weighted by molar-refractivity contribution is 5.86. The van der Waals surface area contributed by atoms with Crippen molar-refractivity contribution in [2.75, 3.05) is 6.54 Å². The van der Waals surface area contributed by atoms with Gasteiger partial charge in [0.2, 0.25) is 5.91 Å². The van der Waals surface area contributed by atoms with Crippen molar-refractivity contribution < 1.29 is 14.7 Å². The predicted molar refractivity (Wildman–Crippen MR) is 70.3 cm³/mol. The number of nitrogens with one attached hydrogen (secondary N) is 1. The van der Waals surface area contributed by atoms with E-state index in [4.69, 9.17) is 0 Å². The van der Waals surface area contributed by atoms with E-state index in [1.165, 1.54) is 0 Å². The SMILES string of the molecule is CC1(C)CC1CNC(=O)[C@H]1C2C=CC(C2)[C@H]1C(=O)O. The molecule has 3 aliphatic carbocycles. The summed E-state index contributed by atoms with van der Waals surface area (Å²) in [5, 5.41) is 12.3. The Morgan fingerprint density at radius 2 is 1.84 bits per heavy atom. The van der Waals surface area contributed by atoms with E-state index in [0.29, 0.717) is 17.9 Å². The summed E-state index contributed by atoms with van der Waals surface area (Å²) < 4.78 is 0. The number of aliphatic carboxylic acids is 1. The Bertz CT molecular complexity index is 454. The van der Waals surface area contributed by atoms with Gasteiger partial charge in [-0.25, -0.2) is 0 Å². The third-order valence-corrected chi connectivity index (χ3v) is 5.29. The minimum absolute atomic E-state index is 0.0515. The second-order valence-electron chi connectivity index (χ2n) is 6.97. The first kappa shape index (κ1) is 12.7. The number of carboxylic acids is 1. The van der Waals surface area contributed by atoms with Crippen LogP contribution in [0.2, 0.25) is 0 Å². The molecule has 0 heterocycles. The number of hydrogen-bond donors (Lipinski definition) is 2. The molecule has 4 heteroatoms. The van der Waals surface area contributed by atoms with E-state index < -0.39 is 11.9 Å². The van der Waals surface area contributed by atoms with Crippen LogP contribution in [0.3, 0.4) is 0 Å². The molecule has 104 valence electrons. The molecule has 3 unspecified atom stereocenters. The van der Waals surface area contributed by atoms with Crippen LogP contribution in [-0.2, 0) is 9.59 Å². The summed E-state index contributed by atoms with van der Waals surface area (Å²) >= 11 is 0. The van der Waals surface area contributed by atoms with Crippen LogP contribution in [0.1, 0.15) is 26.7 Å². The van der Waals surface area contributed by atoms with E-state index in [1.807, 2.05) is 12.2 Å². The molecule has 2 saturated carbocycles. The van der Waals surface area contributed by atoms with E-state index >= 15 is 0 Å². The largest absolute Gasteiger partial charge is 0.481 e. The molecule has 0 aromatic rings. The van der Waals surface area contributed by atoms with Crippen molar-refractivity contribution in [3.63, 3.8) is 0 Å². The maximum Gasteiger partial charge on any atom is 0.307 e. The first-order chi connectivity index (χ1) is 8.90. The highest BCUT2D eigenvalue weighted by atomic mass is 16.4. The molecule has 3 rings (SSSR count). The second-order valence-corrected chi connectivity index (χ2v) is 6.97. The molecule has 0 aromatic carbocycles. The average molecular weight is 263 g/mol. The fourth-order valence-corrected chi connectivity index (χ4v) is 3.78. The number of carbonyl (C=O) groups excluding carboxylic acids is 1. The molecule has 0 radical (unpaired) electrons. The zero-order chi connectivity index (χ0) is 13.8. The number of hydrogen-bond acceptors (Lipinski definition) is 2. The summed E-state index contributed by atoms with van der Waals surface area (Å²) in [4.78, 5) is 23.6. The Hall–Kier alpha value is -1.32. The molecule has 2 bridgehead atoms. The van der Waals surface area contributed by atoms with Crippen LogP contribution in [-0.4, -0.2) is 23.5 Å². The minimum atomic E-state index is -0.830. The smallest absolute Gasteiger partial charge is 0.307 e. The van der Waals surface area contributed by atoms with Crippen LogP contribution in [0, 0.1) is 35.0 Å². The van der Waals surface area contributed by atoms with Crippen molar-refractivity contribution in [3.8, 4) is 0 Å². The lowest BCUT2D eigenvalue weighted by atomic mass is 9.82. The Morgan fingerprint density at radius 1 is 1.26 bits per heavy atom. The third-order valence-electron chi connectivity index (χ3n) is 5.29. The maximum absolute atomic E-state index is 12.3. The zero-order valence-electron chi connectivity index (χ0n) is 11.4. The van der Waals surface area contributed by atoms with Crippen LogP contribution in [0.4, 0.5) is 0 Å². The predicted octanol–water partition coefficient (Wildman–Crippen LogP) is 1.67. The van der Waals surface area contributed by atoms with Crippen LogP contribution in [0.25, 0.3) is 0 Å². The Balaban J connectivity index is 1.63. The standard InChI is InChI=1S/C15H21NO3/c1-15(2)6-10(15)7-16-13(17)11-8-3-4-9(5-8)12(11)14(18)19/h3-4,8-12H,5-7H2,1-2H3,(H,16,17)(H,18,19)/t8?,9?,10?,11-,12+/m0/s1. The number of allylic oxidation sites excluding steroid dienone is 2. The fraction of sp³-hybridized carbons (Fsp3) is 0.733. The zero-order valence-corrected chi connectivity index (χ0v) is 11.4. The van der Waals surface area contributed by atoms with Gasteiger partial charge >= 0.3 is 5.97 Å². The van der Waals surface area contributed by atoms with Crippen LogP contribution in [0.5, 0.6) is 0 Å². The maximum atomic E-state index is 12.3. The first-order valence-electron chi connectivity index (χ1n) is 7.09. The Kier molecular flexibility index (Phi) is 2.73. The summed E-state index contributed by atoms with van der Waals surface area (Å²) in [6.45, 7) is 5.09. The fourth-order valence-electron chi connectivity index (χ4n) is 3.78. The van der Waals surface area contributed by atoms with E-state index in [9.17, 15) is 14.7 Å².